The van der Waals surface area contributed by atoms with Gasteiger partial charge >= 0.3 is 0 Å². The highest BCUT2D eigenvalue weighted by Gasteiger charge is 2.42. The molecule has 1 saturated carbocycles. The predicted octanol–water partition coefficient (Wildman–Crippen LogP) is 1.83. The Morgan fingerprint density at radius 3 is 2.44 bits per heavy atom. The van der Waals surface area contributed by atoms with Gasteiger partial charge in [0.2, 0.25) is 0 Å². The number of hydrogen-bond donors (Lipinski definition) is 0. The molecular weight excluding hydrogens is 206 g/mol. The molecule has 0 unspecified atom stereocenters. The van der Waals surface area contributed by atoms with Crippen LogP contribution in [0.4, 0.5) is 0 Å². The molecule has 0 bridgehead atoms. The summed E-state index contributed by atoms with van der Waals surface area (Å²) in [6.45, 7) is 3.47. The van der Waals surface area contributed by atoms with Crippen LogP contribution in [0.25, 0.3) is 0 Å². The highest BCUT2D eigenvalue weighted by Crippen LogP contribution is 2.29. The molecule has 0 spiro atoms. The number of nitrogens with zero attached hydrogens (tertiary/aromatic N) is 1. The molecule has 2 rings (SSSR count). The van der Waals surface area contributed by atoms with Gasteiger partial charge in [0.1, 0.15) is 5.60 Å². The van der Waals surface area contributed by atoms with Gasteiger partial charge in [-0.3, -0.25) is 14.4 Å². The molecule has 2 aliphatic rings. The number of rotatable bonds is 1. The van der Waals surface area contributed by atoms with E-state index in [1.54, 1.807) is 13.8 Å². The first-order chi connectivity index (χ1) is 7.50. The van der Waals surface area contributed by atoms with Crippen molar-refractivity contribution in [2.24, 2.45) is 0 Å². The summed E-state index contributed by atoms with van der Waals surface area (Å²) >= 11 is 0. The second-order valence-electron chi connectivity index (χ2n) is 5.21. The van der Waals surface area contributed by atoms with Crippen molar-refractivity contribution in [1.29, 1.82) is 0 Å². The topological polar surface area (TPSA) is 46.6 Å². The van der Waals surface area contributed by atoms with Crippen LogP contribution in [0.5, 0.6) is 0 Å². The van der Waals surface area contributed by atoms with Gasteiger partial charge in [0.25, 0.3) is 5.91 Å². The van der Waals surface area contributed by atoms with Crippen molar-refractivity contribution < 1.29 is 14.4 Å². The first kappa shape index (κ1) is 11.6. The summed E-state index contributed by atoms with van der Waals surface area (Å²) < 4.78 is 0. The van der Waals surface area contributed by atoms with Crippen LogP contribution in [0, 0.1) is 0 Å². The molecule has 1 aliphatic heterocycles. The molecule has 0 N–H and O–H groups in total. The van der Waals surface area contributed by atoms with Crippen LogP contribution in [-0.2, 0) is 14.4 Å². The molecule has 2 fully saturated rings. The lowest BCUT2D eigenvalue weighted by atomic mass is 9.93. The minimum atomic E-state index is -0.842. The Balaban J connectivity index is 2.08. The lowest BCUT2D eigenvalue weighted by molar-refractivity contribution is -0.255. The fourth-order valence-electron chi connectivity index (χ4n) is 2.37. The van der Waals surface area contributed by atoms with Crippen LogP contribution in [0.1, 0.15) is 52.4 Å². The quantitative estimate of drug-likeness (QED) is 0.640. The zero-order valence-corrected chi connectivity index (χ0v) is 9.99. The lowest BCUT2D eigenvalue weighted by Gasteiger charge is -2.41. The third kappa shape index (κ3) is 2.12. The van der Waals surface area contributed by atoms with Crippen molar-refractivity contribution >= 4 is 11.7 Å². The van der Waals surface area contributed by atoms with Gasteiger partial charge in [-0.1, -0.05) is 19.3 Å². The van der Waals surface area contributed by atoms with Gasteiger partial charge in [0, 0.05) is 0 Å². The third-order valence-electron chi connectivity index (χ3n) is 3.46. The van der Waals surface area contributed by atoms with E-state index in [1.807, 2.05) is 0 Å². The number of carbonyl (C=O) groups is 2. The van der Waals surface area contributed by atoms with Crippen molar-refractivity contribution in [3.63, 3.8) is 0 Å². The number of carbonyl (C=O) groups excluding carboxylic acids is 2. The van der Waals surface area contributed by atoms with E-state index < -0.39 is 5.60 Å². The molecular formula is C12H19NO3. The molecule has 1 saturated heterocycles. The van der Waals surface area contributed by atoms with Crippen LogP contribution in [-0.4, -0.2) is 28.4 Å². The number of ketones is 1. The Labute approximate surface area is 95.9 Å². The van der Waals surface area contributed by atoms with Crippen LogP contribution in [0.15, 0.2) is 0 Å². The van der Waals surface area contributed by atoms with Gasteiger partial charge in [0.05, 0.1) is 12.5 Å². The Morgan fingerprint density at radius 1 is 1.19 bits per heavy atom. The van der Waals surface area contributed by atoms with Crippen LogP contribution < -0.4 is 0 Å². The normalized spacial score (nSPS) is 27.2. The van der Waals surface area contributed by atoms with Gasteiger partial charge in [0.15, 0.2) is 5.78 Å². The molecule has 0 aromatic rings. The highest BCUT2D eigenvalue weighted by atomic mass is 16.7. The molecule has 0 atom stereocenters. The monoisotopic (exact) mass is 225 g/mol. The number of hydroxylamine groups is 2. The van der Waals surface area contributed by atoms with Crippen LogP contribution >= 0.6 is 0 Å². The van der Waals surface area contributed by atoms with E-state index in [0.29, 0.717) is 0 Å². The number of hydrogen-bond acceptors (Lipinski definition) is 3. The summed E-state index contributed by atoms with van der Waals surface area (Å²) in [5.41, 5.74) is -0.842. The Bertz CT molecular complexity index is 305. The Kier molecular flexibility index (Phi) is 3.02. The molecule has 1 heterocycles. The molecule has 0 radical (unpaired) electrons. The van der Waals surface area contributed by atoms with Crippen molar-refractivity contribution in [2.75, 3.05) is 0 Å². The molecule has 1 amide bonds. The van der Waals surface area contributed by atoms with Gasteiger partial charge in [-0.05, 0) is 26.7 Å². The third-order valence-corrected chi connectivity index (χ3v) is 3.46. The standard InChI is InChI=1S/C12H19NO3/c1-12(2)10(14)8-11(15)13(16-12)9-6-4-3-5-7-9/h9H,3-8H2,1-2H3. The van der Waals surface area contributed by atoms with E-state index in [-0.39, 0.29) is 24.2 Å². The smallest absolute Gasteiger partial charge is 0.253 e. The summed E-state index contributed by atoms with van der Waals surface area (Å²) in [5.74, 6) is -0.291. The molecule has 4 nitrogen and oxygen atoms in total. The zero-order valence-electron chi connectivity index (χ0n) is 9.99. The largest absolute Gasteiger partial charge is 0.296 e. The van der Waals surface area contributed by atoms with Gasteiger partial charge in [-0.2, -0.15) is 0 Å². The molecule has 90 valence electrons. The van der Waals surface area contributed by atoms with Crippen molar-refractivity contribution in [2.45, 2.75) is 64.0 Å². The summed E-state index contributed by atoms with van der Waals surface area (Å²) in [4.78, 5) is 28.9. The first-order valence-corrected chi connectivity index (χ1v) is 6.05. The molecule has 0 aromatic heterocycles. The van der Waals surface area contributed by atoms with Gasteiger partial charge in [-0.15, -0.1) is 0 Å². The summed E-state index contributed by atoms with van der Waals surface area (Å²) in [5, 5.41) is 1.47. The number of Topliss-reactive ketones (excluding diaryl/α,β-unsaturated/α-hetero) is 1. The summed E-state index contributed by atoms with van der Waals surface area (Å²) in [6.07, 6.45) is 5.51. The van der Waals surface area contributed by atoms with Crippen LogP contribution in [0.2, 0.25) is 0 Å². The fraction of sp³-hybridized carbons (Fsp3) is 0.833. The Hall–Kier alpha value is -0.900. The second kappa shape index (κ2) is 4.17. The van der Waals surface area contributed by atoms with Gasteiger partial charge < -0.3 is 0 Å². The average molecular weight is 225 g/mol. The maximum Gasteiger partial charge on any atom is 0.253 e. The van der Waals surface area contributed by atoms with E-state index >= 15 is 0 Å². The van der Waals surface area contributed by atoms with E-state index in [0.717, 1.165) is 25.7 Å². The highest BCUT2D eigenvalue weighted by molar-refractivity contribution is 6.03. The molecule has 1 aliphatic carbocycles. The SMILES string of the molecule is CC1(C)ON(C2CCCCC2)C(=O)CC1=O. The maximum atomic E-state index is 11.8. The fourth-order valence-corrected chi connectivity index (χ4v) is 2.37. The number of amides is 1. The van der Waals surface area contributed by atoms with E-state index in [1.165, 1.54) is 11.5 Å². The van der Waals surface area contributed by atoms with Crippen molar-refractivity contribution in [3.05, 3.63) is 0 Å². The van der Waals surface area contributed by atoms with Crippen LogP contribution in [0.3, 0.4) is 0 Å². The first-order valence-electron chi connectivity index (χ1n) is 6.05. The minimum Gasteiger partial charge on any atom is -0.296 e. The molecule has 4 heteroatoms. The van der Waals surface area contributed by atoms with Crippen molar-refractivity contribution in [1.82, 2.24) is 5.06 Å². The molecule has 16 heavy (non-hydrogen) atoms. The van der Waals surface area contributed by atoms with E-state index in [2.05, 4.69) is 0 Å². The van der Waals surface area contributed by atoms with Gasteiger partial charge in [-0.25, -0.2) is 5.06 Å². The average Bonchev–Trinajstić information content (AvgIpc) is 2.25. The van der Waals surface area contributed by atoms with E-state index in [4.69, 9.17) is 4.84 Å². The molecule has 0 aromatic carbocycles. The lowest BCUT2D eigenvalue weighted by Crippen LogP contribution is -2.55. The Morgan fingerprint density at radius 2 is 1.81 bits per heavy atom. The predicted molar refractivity (Wildman–Crippen MR) is 58.5 cm³/mol. The summed E-state index contributed by atoms with van der Waals surface area (Å²) in [7, 11) is 0. The van der Waals surface area contributed by atoms with E-state index in [9.17, 15) is 9.59 Å². The second-order valence-corrected chi connectivity index (χ2v) is 5.21. The van der Waals surface area contributed by atoms with Crippen molar-refractivity contribution in [3.8, 4) is 0 Å². The maximum absolute atomic E-state index is 11.8. The summed E-state index contributed by atoms with van der Waals surface area (Å²) in [6, 6.07) is 0.175. The minimum absolute atomic E-state index is 0.0104. The zero-order chi connectivity index (χ0) is 11.8.